The fraction of sp³-hybridized carbons (Fsp3) is 0.107. The number of hydrogen-bond donors (Lipinski definition) is 1. The molecule has 1 aliphatic heterocycles. The molecule has 152 valence electrons. The average Bonchev–Trinajstić information content (AvgIpc) is 3.11. The van der Waals surface area contributed by atoms with E-state index in [0.717, 1.165) is 46.3 Å². The van der Waals surface area contributed by atoms with Crippen LogP contribution in [0.2, 0.25) is 0 Å². The minimum atomic E-state index is 0.771. The molecule has 1 aromatic heterocycles. The van der Waals surface area contributed by atoms with Gasteiger partial charge in [-0.15, -0.1) is 0 Å². The first kappa shape index (κ1) is 19.1. The molecule has 0 amide bonds. The standard InChI is InChI=1S/C28H25N3/c1-20-10-9-13-23(16-20)18-25-21(2)31-19-27(24-14-7-4-8-15-24)29-26(28(31)30-25)17-22-11-5-3-6-12-22/h3-16,19,29H,2,17-18H2,1H3. The Morgan fingerprint density at radius 2 is 1.55 bits per heavy atom. The summed E-state index contributed by atoms with van der Waals surface area (Å²) in [6.07, 6.45) is 3.67. The molecule has 0 radical (unpaired) electrons. The zero-order valence-electron chi connectivity index (χ0n) is 17.7. The summed E-state index contributed by atoms with van der Waals surface area (Å²) >= 11 is 0. The molecule has 3 aromatic carbocycles. The lowest BCUT2D eigenvalue weighted by molar-refractivity contribution is 0.944. The average molecular weight is 404 g/mol. The van der Waals surface area contributed by atoms with Crippen molar-refractivity contribution in [3.8, 4) is 0 Å². The lowest BCUT2D eigenvalue weighted by Crippen LogP contribution is -2.35. The van der Waals surface area contributed by atoms with Crippen LogP contribution in [0.4, 0.5) is 0 Å². The summed E-state index contributed by atoms with van der Waals surface area (Å²) in [5.74, 6) is 0. The Kier molecular flexibility index (Phi) is 5.01. The van der Waals surface area contributed by atoms with Gasteiger partial charge < -0.3 is 5.32 Å². The molecule has 4 aromatic rings. The predicted octanol–water partition coefficient (Wildman–Crippen LogP) is 4.10. The third-order valence-corrected chi connectivity index (χ3v) is 5.67. The highest BCUT2D eigenvalue weighted by Crippen LogP contribution is 2.18. The van der Waals surface area contributed by atoms with Gasteiger partial charge in [0, 0.05) is 19.0 Å². The van der Waals surface area contributed by atoms with E-state index in [1.807, 2.05) is 12.1 Å². The second kappa shape index (κ2) is 8.11. The SMILES string of the molecule is C=c1c(Cc2cccc(C)c2)nc2n1C=C(c1ccccc1)NC=2Cc1ccccc1. The number of aryl methyl sites for hydroxylation is 1. The van der Waals surface area contributed by atoms with E-state index in [0.29, 0.717) is 0 Å². The molecule has 5 rings (SSSR count). The summed E-state index contributed by atoms with van der Waals surface area (Å²) in [6, 6.07) is 29.5. The van der Waals surface area contributed by atoms with Gasteiger partial charge >= 0.3 is 0 Å². The fourth-order valence-electron chi connectivity index (χ4n) is 4.09. The molecule has 0 bridgehead atoms. The minimum Gasteiger partial charge on any atom is -0.354 e. The van der Waals surface area contributed by atoms with Crippen LogP contribution in [0.3, 0.4) is 0 Å². The van der Waals surface area contributed by atoms with Gasteiger partial charge in [-0.25, -0.2) is 4.98 Å². The first-order chi connectivity index (χ1) is 15.2. The number of nitrogens with one attached hydrogen (secondary N) is 1. The Morgan fingerprint density at radius 1 is 0.839 bits per heavy atom. The molecule has 0 atom stereocenters. The molecule has 0 fully saturated rings. The Balaban J connectivity index is 1.62. The Morgan fingerprint density at radius 3 is 2.29 bits per heavy atom. The Labute approximate surface area is 182 Å². The van der Waals surface area contributed by atoms with Crippen molar-refractivity contribution in [3.63, 3.8) is 0 Å². The summed E-state index contributed by atoms with van der Waals surface area (Å²) in [5, 5.41) is 4.60. The lowest BCUT2D eigenvalue weighted by Gasteiger charge is -2.19. The first-order valence-electron chi connectivity index (χ1n) is 10.6. The van der Waals surface area contributed by atoms with Crippen molar-refractivity contribution in [2.24, 2.45) is 0 Å². The summed E-state index contributed by atoms with van der Waals surface area (Å²) in [7, 11) is 0. The van der Waals surface area contributed by atoms with Crippen molar-refractivity contribution in [1.82, 2.24) is 14.9 Å². The van der Waals surface area contributed by atoms with Gasteiger partial charge in [0.2, 0.25) is 0 Å². The molecular weight excluding hydrogens is 378 g/mol. The maximum atomic E-state index is 5.04. The van der Waals surface area contributed by atoms with Crippen LogP contribution in [0.1, 0.15) is 27.9 Å². The minimum absolute atomic E-state index is 0.771. The van der Waals surface area contributed by atoms with E-state index in [2.05, 4.69) is 102 Å². The van der Waals surface area contributed by atoms with Crippen LogP contribution in [0, 0.1) is 6.92 Å². The van der Waals surface area contributed by atoms with Crippen molar-refractivity contribution < 1.29 is 0 Å². The van der Waals surface area contributed by atoms with Gasteiger partial charge in [0.1, 0.15) is 0 Å². The second-order valence-electron chi connectivity index (χ2n) is 8.04. The van der Waals surface area contributed by atoms with Gasteiger partial charge in [0.05, 0.1) is 22.4 Å². The van der Waals surface area contributed by atoms with E-state index >= 15 is 0 Å². The third-order valence-electron chi connectivity index (χ3n) is 5.67. The van der Waals surface area contributed by atoms with Gasteiger partial charge in [-0.3, -0.25) is 4.57 Å². The number of hydrogen-bond acceptors (Lipinski definition) is 2. The monoisotopic (exact) mass is 403 g/mol. The van der Waals surface area contributed by atoms with Crippen LogP contribution in [0.5, 0.6) is 0 Å². The van der Waals surface area contributed by atoms with Gasteiger partial charge in [-0.05, 0) is 23.6 Å². The lowest BCUT2D eigenvalue weighted by atomic mass is 10.1. The van der Waals surface area contributed by atoms with E-state index in [1.54, 1.807) is 0 Å². The molecular formula is C28H25N3. The molecule has 0 saturated carbocycles. The van der Waals surface area contributed by atoms with E-state index in [9.17, 15) is 0 Å². The first-order valence-corrected chi connectivity index (χ1v) is 10.6. The van der Waals surface area contributed by atoms with Crippen LogP contribution in [-0.2, 0) is 12.8 Å². The van der Waals surface area contributed by atoms with Crippen LogP contribution in [0.15, 0.2) is 84.9 Å². The van der Waals surface area contributed by atoms with Gasteiger partial charge in [0.25, 0.3) is 0 Å². The topological polar surface area (TPSA) is 29.9 Å². The third kappa shape index (κ3) is 3.95. The number of rotatable bonds is 5. The molecule has 1 aliphatic rings. The summed E-state index contributed by atoms with van der Waals surface area (Å²) in [4.78, 5) is 5.04. The maximum absolute atomic E-state index is 5.04. The van der Waals surface area contributed by atoms with Gasteiger partial charge in [-0.2, -0.15) is 0 Å². The van der Waals surface area contributed by atoms with E-state index in [-0.39, 0.29) is 0 Å². The van der Waals surface area contributed by atoms with Crippen molar-refractivity contribution in [1.29, 1.82) is 0 Å². The molecule has 2 heterocycles. The Bertz CT molecular complexity index is 1360. The zero-order chi connectivity index (χ0) is 21.2. The maximum Gasteiger partial charge on any atom is 0.157 e. The quantitative estimate of drug-likeness (QED) is 0.544. The summed E-state index contributed by atoms with van der Waals surface area (Å²) in [5.41, 5.74) is 9.01. The van der Waals surface area contributed by atoms with Crippen molar-refractivity contribution in [2.75, 3.05) is 0 Å². The Hall–Kier alpha value is -3.85. The number of benzene rings is 3. The number of aromatic nitrogens is 2. The van der Waals surface area contributed by atoms with E-state index in [4.69, 9.17) is 4.98 Å². The van der Waals surface area contributed by atoms with Gasteiger partial charge in [0.15, 0.2) is 5.48 Å². The highest BCUT2D eigenvalue weighted by Gasteiger charge is 2.17. The largest absolute Gasteiger partial charge is 0.354 e. The van der Waals surface area contributed by atoms with Crippen LogP contribution in [0.25, 0.3) is 24.2 Å². The smallest absolute Gasteiger partial charge is 0.157 e. The summed E-state index contributed by atoms with van der Waals surface area (Å²) < 4.78 is 2.14. The fourth-order valence-corrected chi connectivity index (χ4v) is 4.09. The van der Waals surface area contributed by atoms with E-state index < -0.39 is 0 Å². The molecule has 3 heteroatoms. The predicted molar refractivity (Wildman–Crippen MR) is 128 cm³/mol. The molecule has 31 heavy (non-hydrogen) atoms. The molecule has 1 N–H and O–H groups in total. The summed E-state index contributed by atoms with van der Waals surface area (Å²) in [6.45, 7) is 6.52. The van der Waals surface area contributed by atoms with Crippen molar-refractivity contribution in [2.45, 2.75) is 19.8 Å². The number of nitrogens with zero attached hydrogens (tertiary/aromatic N) is 2. The molecule has 0 aliphatic carbocycles. The normalized spacial score (nSPS) is 12.8. The molecule has 0 spiro atoms. The zero-order valence-corrected chi connectivity index (χ0v) is 17.7. The number of fused-ring (bicyclic) bond motifs is 1. The molecule has 0 saturated heterocycles. The van der Waals surface area contributed by atoms with E-state index in [1.165, 1.54) is 16.7 Å². The van der Waals surface area contributed by atoms with Gasteiger partial charge in [-0.1, -0.05) is 97.1 Å². The van der Waals surface area contributed by atoms with Crippen molar-refractivity contribution in [3.05, 3.63) is 124 Å². The second-order valence-corrected chi connectivity index (χ2v) is 8.04. The van der Waals surface area contributed by atoms with Crippen LogP contribution >= 0.6 is 0 Å². The molecule has 3 nitrogen and oxygen atoms in total. The highest BCUT2D eigenvalue weighted by molar-refractivity contribution is 5.80. The highest BCUT2D eigenvalue weighted by atomic mass is 15.1. The number of imidazole rings is 1. The van der Waals surface area contributed by atoms with Crippen molar-refractivity contribution >= 4 is 24.2 Å². The van der Waals surface area contributed by atoms with Crippen LogP contribution in [-0.4, -0.2) is 9.55 Å². The molecule has 0 unspecified atom stereocenters. The van der Waals surface area contributed by atoms with Crippen LogP contribution < -0.4 is 16.1 Å².